The van der Waals surface area contributed by atoms with Crippen LogP contribution >= 0.6 is 0 Å². The lowest BCUT2D eigenvalue weighted by Gasteiger charge is -2.02. The van der Waals surface area contributed by atoms with Crippen molar-refractivity contribution in [3.8, 4) is 0 Å². The minimum absolute atomic E-state index is 0.159. The molecule has 0 spiro atoms. The van der Waals surface area contributed by atoms with Gasteiger partial charge in [0.1, 0.15) is 0 Å². The fourth-order valence-corrected chi connectivity index (χ4v) is 1.14. The first-order chi connectivity index (χ1) is 7.26. The van der Waals surface area contributed by atoms with E-state index in [-0.39, 0.29) is 5.91 Å². The molecule has 1 rings (SSSR count). The van der Waals surface area contributed by atoms with Crippen molar-refractivity contribution < 1.29 is 4.79 Å². The summed E-state index contributed by atoms with van der Waals surface area (Å²) in [6.07, 6.45) is 2.01. The second-order valence-electron chi connectivity index (χ2n) is 3.02. The van der Waals surface area contributed by atoms with Crippen LogP contribution in [-0.2, 0) is 11.2 Å². The van der Waals surface area contributed by atoms with Crippen molar-refractivity contribution in [1.82, 2.24) is 5.32 Å². The van der Waals surface area contributed by atoms with Gasteiger partial charge >= 0.3 is 0 Å². The third kappa shape index (κ3) is 3.72. The summed E-state index contributed by atoms with van der Waals surface area (Å²) in [5.74, 6) is -0.159. The van der Waals surface area contributed by atoms with Crippen LogP contribution in [0.2, 0.25) is 0 Å². The van der Waals surface area contributed by atoms with Crippen molar-refractivity contribution >= 4 is 11.6 Å². The van der Waals surface area contributed by atoms with Gasteiger partial charge in [-0.2, -0.15) is 5.11 Å². The van der Waals surface area contributed by atoms with Gasteiger partial charge in [0.05, 0.1) is 5.69 Å². The zero-order valence-corrected chi connectivity index (χ0v) is 8.36. The van der Waals surface area contributed by atoms with Crippen LogP contribution in [0.3, 0.4) is 0 Å². The Morgan fingerprint density at radius 2 is 2.13 bits per heavy atom. The zero-order valence-electron chi connectivity index (χ0n) is 8.36. The molecule has 78 valence electrons. The number of carbonyl (C=O) groups is 1. The van der Waals surface area contributed by atoms with Crippen molar-refractivity contribution in [3.63, 3.8) is 0 Å². The van der Waals surface area contributed by atoms with Crippen LogP contribution in [0.15, 0.2) is 42.0 Å². The highest BCUT2D eigenvalue weighted by Gasteiger charge is 1.95. The third-order valence-electron chi connectivity index (χ3n) is 1.96. The van der Waals surface area contributed by atoms with Gasteiger partial charge < -0.3 is 5.32 Å². The summed E-state index contributed by atoms with van der Waals surface area (Å²) in [5, 5.41) is 5.99. The number of hydrogen-bond acceptors (Lipinski definition) is 3. The molecule has 0 aliphatic heterocycles. The third-order valence-corrected chi connectivity index (χ3v) is 1.96. The van der Waals surface area contributed by atoms with Gasteiger partial charge in [0, 0.05) is 6.54 Å². The standard InChI is InChI=1S/C11H13N3O/c1-2-11(15)13-8-7-9-3-5-10(14-12)6-4-9/h2-6,12H,1,7-8H2,(H,13,15). The molecular formula is C11H13N3O. The maximum atomic E-state index is 10.8. The molecule has 0 aliphatic rings. The molecule has 2 N–H and O–H groups in total. The van der Waals surface area contributed by atoms with Crippen molar-refractivity contribution in [3.05, 3.63) is 42.5 Å². The molecule has 15 heavy (non-hydrogen) atoms. The summed E-state index contributed by atoms with van der Waals surface area (Å²) >= 11 is 0. The van der Waals surface area contributed by atoms with Crippen LogP contribution in [-0.4, -0.2) is 12.5 Å². The topological polar surface area (TPSA) is 65.3 Å². The SMILES string of the molecule is C=CC(=O)NCCc1ccc(N=N)cc1. The molecule has 4 nitrogen and oxygen atoms in total. The molecule has 0 aliphatic carbocycles. The van der Waals surface area contributed by atoms with Crippen molar-refractivity contribution in [2.75, 3.05) is 6.54 Å². The van der Waals surface area contributed by atoms with Crippen LogP contribution < -0.4 is 5.32 Å². The monoisotopic (exact) mass is 203 g/mol. The zero-order chi connectivity index (χ0) is 11.1. The Morgan fingerprint density at radius 1 is 1.47 bits per heavy atom. The van der Waals surface area contributed by atoms with E-state index in [0.717, 1.165) is 12.0 Å². The predicted molar refractivity (Wildman–Crippen MR) is 58.2 cm³/mol. The number of nitrogens with zero attached hydrogens (tertiary/aromatic N) is 1. The Morgan fingerprint density at radius 3 is 2.67 bits per heavy atom. The second kappa shape index (κ2) is 5.70. The Labute approximate surface area is 88.5 Å². The van der Waals surface area contributed by atoms with Gasteiger partial charge in [0.15, 0.2) is 0 Å². The van der Waals surface area contributed by atoms with Crippen LogP contribution in [0.4, 0.5) is 5.69 Å². The molecule has 0 saturated carbocycles. The van der Waals surface area contributed by atoms with E-state index in [1.165, 1.54) is 6.08 Å². The number of rotatable bonds is 5. The molecule has 0 fully saturated rings. The van der Waals surface area contributed by atoms with Crippen LogP contribution in [0.5, 0.6) is 0 Å². The molecule has 0 unspecified atom stereocenters. The van der Waals surface area contributed by atoms with Gasteiger partial charge in [0.25, 0.3) is 0 Å². The minimum Gasteiger partial charge on any atom is -0.352 e. The smallest absolute Gasteiger partial charge is 0.243 e. The average molecular weight is 203 g/mol. The van der Waals surface area contributed by atoms with Crippen molar-refractivity contribution in [2.24, 2.45) is 5.11 Å². The fraction of sp³-hybridized carbons (Fsp3) is 0.182. The highest BCUT2D eigenvalue weighted by Crippen LogP contribution is 2.12. The van der Waals surface area contributed by atoms with Gasteiger partial charge in [-0.05, 0) is 30.2 Å². The summed E-state index contributed by atoms with van der Waals surface area (Å²) in [7, 11) is 0. The molecule has 0 atom stereocenters. The number of benzene rings is 1. The fourth-order valence-electron chi connectivity index (χ4n) is 1.14. The highest BCUT2D eigenvalue weighted by molar-refractivity contribution is 5.86. The number of nitrogens with one attached hydrogen (secondary N) is 2. The minimum atomic E-state index is -0.159. The van der Waals surface area contributed by atoms with Gasteiger partial charge in [0.2, 0.25) is 5.91 Å². The summed E-state index contributed by atoms with van der Waals surface area (Å²) in [5.41, 5.74) is 8.53. The molecule has 0 heterocycles. The molecule has 0 aromatic heterocycles. The summed E-state index contributed by atoms with van der Waals surface area (Å²) in [6.45, 7) is 3.95. The average Bonchev–Trinajstić information content (AvgIpc) is 2.29. The second-order valence-corrected chi connectivity index (χ2v) is 3.02. The van der Waals surface area contributed by atoms with E-state index in [0.29, 0.717) is 12.2 Å². The molecule has 1 aromatic carbocycles. The first-order valence-electron chi connectivity index (χ1n) is 4.63. The van der Waals surface area contributed by atoms with Crippen LogP contribution in [0.1, 0.15) is 5.56 Å². The first kappa shape index (κ1) is 11.1. The predicted octanol–water partition coefficient (Wildman–Crippen LogP) is 2.19. The molecule has 0 saturated heterocycles. The summed E-state index contributed by atoms with van der Waals surface area (Å²) in [4.78, 5) is 10.8. The molecule has 1 aromatic rings. The van der Waals surface area contributed by atoms with Crippen LogP contribution in [0.25, 0.3) is 0 Å². The molecular weight excluding hydrogens is 190 g/mol. The summed E-state index contributed by atoms with van der Waals surface area (Å²) < 4.78 is 0. The number of amides is 1. The lowest BCUT2D eigenvalue weighted by atomic mass is 10.1. The Kier molecular flexibility index (Phi) is 4.22. The number of carbonyl (C=O) groups excluding carboxylic acids is 1. The molecule has 4 heteroatoms. The lowest BCUT2D eigenvalue weighted by Crippen LogP contribution is -2.23. The van der Waals surface area contributed by atoms with E-state index in [1.807, 2.05) is 12.1 Å². The van der Waals surface area contributed by atoms with Gasteiger partial charge in [-0.3, -0.25) is 4.79 Å². The largest absolute Gasteiger partial charge is 0.352 e. The van der Waals surface area contributed by atoms with Gasteiger partial charge in [-0.1, -0.05) is 18.7 Å². The van der Waals surface area contributed by atoms with Crippen molar-refractivity contribution in [1.29, 1.82) is 5.53 Å². The maximum absolute atomic E-state index is 10.8. The highest BCUT2D eigenvalue weighted by atomic mass is 16.1. The van der Waals surface area contributed by atoms with Gasteiger partial charge in [-0.25, -0.2) is 5.53 Å². The normalized spacial score (nSPS) is 9.33. The van der Waals surface area contributed by atoms with E-state index in [4.69, 9.17) is 5.53 Å². The van der Waals surface area contributed by atoms with E-state index in [1.54, 1.807) is 12.1 Å². The summed E-state index contributed by atoms with van der Waals surface area (Å²) in [6, 6.07) is 7.34. The van der Waals surface area contributed by atoms with E-state index in [2.05, 4.69) is 17.0 Å². The Bertz CT molecular complexity index is 357. The van der Waals surface area contributed by atoms with Crippen molar-refractivity contribution in [2.45, 2.75) is 6.42 Å². The molecule has 1 amide bonds. The Hall–Kier alpha value is -1.97. The Balaban J connectivity index is 2.40. The number of hydrogen-bond donors (Lipinski definition) is 2. The van der Waals surface area contributed by atoms with Crippen LogP contribution in [0, 0.1) is 5.53 Å². The van der Waals surface area contributed by atoms with Gasteiger partial charge in [-0.15, -0.1) is 0 Å². The maximum Gasteiger partial charge on any atom is 0.243 e. The van der Waals surface area contributed by atoms with E-state index < -0.39 is 0 Å². The van der Waals surface area contributed by atoms with E-state index in [9.17, 15) is 4.79 Å². The lowest BCUT2D eigenvalue weighted by molar-refractivity contribution is -0.116. The first-order valence-corrected chi connectivity index (χ1v) is 4.63. The molecule has 0 radical (unpaired) electrons. The van der Waals surface area contributed by atoms with E-state index >= 15 is 0 Å². The quantitative estimate of drug-likeness (QED) is 0.559. The molecule has 0 bridgehead atoms.